The summed E-state index contributed by atoms with van der Waals surface area (Å²) in [5.74, 6) is 0.552. The van der Waals surface area contributed by atoms with Gasteiger partial charge in [-0.1, -0.05) is 39.8 Å². The van der Waals surface area contributed by atoms with Crippen LogP contribution in [0.15, 0.2) is 35.6 Å². The lowest BCUT2D eigenvalue weighted by Crippen LogP contribution is -2.39. The molecule has 0 saturated carbocycles. The number of amides is 1. The molecule has 2 aromatic rings. The van der Waals surface area contributed by atoms with Crippen molar-refractivity contribution in [3.8, 4) is 5.75 Å². The fourth-order valence-electron chi connectivity index (χ4n) is 3.39. The first-order valence-electron chi connectivity index (χ1n) is 10.7. The molecule has 0 saturated heterocycles. The van der Waals surface area contributed by atoms with E-state index in [2.05, 4.69) is 4.98 Å². The summed E-state index contributed by atoms with van der Waals surface area (Å²) in [6.45, 7) is 12.5. The van der Waals surface area contributed by atoms with Crippen molar-refractivity contribution in [1.29, 1.82) is 0 Å². The molecule has 0 aliphatic rings. The molecule has 8 heteroatoms. The van der Waals surface area contributed by atoms with Gasteiger partial charge >= 0.3 is 0 Å². The third-order valence-electron chi connectivity index (χ3n) is 4.95. The standard InChI is InChI=1S/C23H35N3O4S/c1-16(2)13-26-20(14-25(18(5)6)22(27)17(3)4)12-24-23(26)31(28,29)15-19-9-8-10-21(11-19)30-7/h8-12,16-18H,13-15H2,1-7H3. The number of methoxy groups -OCH3 is 1. The van der Waals surface area contributed by atoms with Crippen molar-refractivity contribution in [2.24, 2.45) is 11.8 Å². The monoisotopic (exact) mass is 449 g/mol. The highest BCUT2D eigenvalue weighted by Gasteiger charge is 2.27. The molecule has 0 fully saturated rings. The summed E-state index contributed by atoms with van der Waals surface area (Å²) in [7, 11) is -2.14. The fraction of sp³-hybridized carbons (Fsp3) is 0.565. The summed E-state index contributed by atoms with van der Waals surface area (Å²) in [5, 5.41) is 0.0414. The van der Waals surface area contributed by atoms with Crippen LogP contribution in [0, 0.1) is 11.8 Å². The van der Waals surface area contributed by atoms with Gasteiger partial charge < -0.3 is 14.2 Å². The molecule has 0 radical (unpaired) electrons. The van der Waals surface area contributed by atoms with Gasteiger partial charge in [0.1, 0.15) is 5.75 Å². The number of sulfone groups is 1. The van der Waals surface area contributed by atoms with Gasteiger partial charge in [-0.3, -0.25) is 4.79 Å². The maximum Gasteiger partial charge on any atom is 0.228 e. The van der Waals surface area contributed by atoms with Crippen molar-refractivity contribution in [2.75, 3.05) is 7.11 Å². The number of hydrogen-bond acceptors (Lipinski definition) is 5. The number of rotatable bonds is 10. The van der Waals surface area contributed by atoms with Crippen LogP contribution < -0.4 is 4.74 Å². The summed E-state index contributed by atoms with van der Waals surface area (Å²) in [5.41, 5.74) is 1.36. The van der Waals surface area contributed by atoms with Crippen LogP contribution in [0.1, 0.15) is 52.8 Å². The van der Waals surface area contributed by atoms with Crippen LogP contribution in [0.25, 0.3) is 0 Å². The number of nitrogens with zero attached hydrogens (tertiary/aromatic N) is 3. The predicted molar refractivity (Wildman–Crippen MR) is 121 cm³/mol. The summed E-state index contributed by atoms with van der Waals surface area (Å²) >= 11 is 0. The van der Waals surface area contributed by atoms with E-state index < -0.39 is 9.84 Å². The first-order chi connectivity index (χ1) is 14.5. The van der Waals surface area contributed by atoms with Gasteiger partial charge in [-0.25, -0.2) is 13.4 Å². The number of hydrogen-bond donors (Lipinski definition) is 0. The molecule has 0 spiro atoms. The molecule has 0 aliphatic heterocycles. The zero-order chi connectivity index (χ0) is 23.3. The number of carbonyl (C=O) groups excluding carboxylic acids is 1. The SMILES string of the molecule is COc1cccc(CS(=O)(=O)c2ncc(CN(C(=O)C(C)C)C(C)C)n2CC(C)C)c1. The van der Waals surface area contributed by atoms with Gasteiger partial charge in [-0.2, -0.15) is 0 Å². The first kappa shape index (κ1) is 24.9. The summed E-state index contributed by atoms with van der Waals surface area (Å²) < 4.78 is 33.5. The average Bonchev–Trinajstić information content (AvgIpc) is 3.07. The Labute approximate surface area is 186 Å². The van der Waals surface area contributed by atoms with Crippen molar-refractivity contribution in [3.05, 3.63) is 41.7 Å². The van der Waals surface area contributed by atoms with Crippen LogP contribution >= 0.6 is 0 Å². The van der Waals surface area contributed by atoms with Crippen LogP contribution in [-0.2, 0) is 33.5 Å². The highest BCUT2D eigenvalue weighted by molar-refractivity contribution is 7.90. The van der Waals surface area contributed by atoms with Gasteiger partial charge in [-0.15, -0.1) is 0 Å². The molecule has 1 aromatic carbocycles. The summed E-state index contributed by atoms with van der Waals surface area (Å²) in [6.07, 6.45) is 1.59. The third-order valence-corrected chi connectivity index (χ3v) is 6.55. The molecule has 7 nitrogen and oxygen atoms in total. The van der Waals surface area contributed by atoms with Crippen molar-refractivity contribution in [3.63, 3.8) is 0 Å². The zero-order valence-electron chi connectivity index (χ0n) is 19.6. The first-order valence-corrected chi connectivity index (χ1v) is 12.3. The Morgan fingerprint density at radius 2 is 1.84 bits per heavy atom. The second kappa shape index (κ2) is 10.3. The minimum absolute atomic E-state index is 0.00543. The largest absolute Gasteiger partial charge is 0.497 e. The summed E-state index contributed by atoms with van der Waals surface area (Å²) in [4.78, 5) is 18.8. The number of benzene rings is 1. The minimum atomic E-state index is -3.69. The molecule has 0 atom stereocenters. The van der Waals surface area contributed by atoms with Gasteiger partial charge in [0.2, 0.25) is 20.9 Å². The Hall–Kier alpha value is -2.35. The van der Waals surface area contributed by atoms with E-state index in [9.17, 15) is 13.2 Å². The van der Waals surface area contributed by atoms with E-state index in [0.29, 0.717) is 24.4 Å². The smallest absolute Gasteiger partial charge is 0.228 e. The highest BCUT2D eigenvalue weighted by Crippen LogP contribution is 2.23. The molecule has 31 heavy (non-hydrogen) atoms. The van der Waals surface area contributed by atoms with Gasteiger partial charge in [0.05, 0.1) is 31.3 Å². The van der Waals surface area contributed by atoms with E-state index in [1.54, 1.807) is 47.0 Å². The van der Waals surface area contributed by atoms with Crippen molar-refractivity contribution >= 4 is 15.7 Å². The van der Waals surface area contributed by atoms with E-state index in [1.807, 2.05) is 41.5 Å². The number of carbonyl (C=O) groups is 1. The normalized spacial score (nSPS) is 12.1. The minimum Gasteiger partial charge on any atom is -0.497 e. The van der Waals surface area contributed by atoms with Gasteiger partial charge in [0.15, 0.2) is 0 Å². The van der Waals surface area contributed by atoms with Crippen LogP contribution in [0.4, 0.5) is 0 Å². The predicted octanol–water partition coefficient (Wildman–Crippen LogP) is 3.91. The maximum atomic E-state index is 13.3. The molecular formula is C23H35N3O4S. The average molecular weight is 450 g/mol. The molecule has 1 amide bonds. The molecule has 1 heterocycles. The lowest BCUT2D eigenvalue weighted by atomic mass is 10.1. The Morgan fingerprint density at radius 3 is 2.39 bits per heavy atom. The molecule has 0 bridgehead atoms. The number of imidazole rings is 1. The fourth-order valence-corrected chi connectivity index (χ4v) is 4.88. The van der Waals surface area contributed by atoms with Crippen molar-refractivity contribution in [1.82, 2.24) is 14.5 Å². The van der Waals surface area contributed by atoms with Crippen LogP contribution in [-0.4, -0.2) is 41.9 Å². The quantitative estimate of drug-likeness (QED) is 0.549. The Balaban J connectivity index is 2.43. The Bertz CT molecular complexity index is 994. The molecule has 0 N–H and O–H groups in total. The number of aromatic nitrogens is 2. The van der Waals surface area contributed by atoms with Crippen LogP contribution in [0.3, 0.4) is 0 Å². The summed E-state index contributed by atoms with van der Waals surface area (Å²) in [6, 6.07) is 7.02. The van der Waals surface area contributed by atoms with Crippen molar-refractivity contribution < 1.29 is 17.9 Å². The van der Waals surface area contributed by atoms with Gasteiger partial charge in [-0.05, 0) is 37.5 Å². The topological polar surface area (TPSA) is 81.5 Å². The van der Waals surface area contributed by atoms with Crippen LogP contribution in [0.2, 0.25) is 0 Å². The maximum absolute atomic E-state index is 13.3. The second-order valence-corrected chi connectivity index (χ2v) is 10.7. The lowest BCUT2D eigenvalue weighted by molar-refractivity contribution is -0.137. The third kappa shape index (κ3) is 6.32. The van der Waals surface area contributed by atoms with E-state index in [4.69, 9.17) is 4.74 Å². The van der Waals surface area contributed by atoms with E-state index in [-0.39, 0.29) is 34.7 Å². The molecule has 0 unspecified atom stereocenters. The Morgan fingerprint density at radius 1 is 1.16 bits per heavy atom. The second-order valence-electron chi connectivity index (χ2n) is 8.86. The highest BCUT2D eigenvalue weighted by atomic mass is 32.2. The lowest BCUT2D eigenvalue weighted by Gasteiger charge is -2.29. The van der Waals surface area contributed by atoms with E-state index in [0.717, 1.165) is 5.69 Å². The van der Waals surface area contributed by atoms with E-state index in [1.165, 1.54) is 0 Å². The molecule has 1 aromatic heterocycles. The van der Waals surface area contributed by atoms with E-state index >= 15 is 0 Å². The molecule has 0 aliphatic carbocycles. The molecular weight excluding hydrogens is 414 g/mol. The molecule has 2 rings (SSSR count). The number of ether oxygens (including phenoxy) is 1. The van der Waals surface area contributed by atoms with Gasteiger partial charge in [0.25, 0.3) is 0 Å². The molecule has 172 valence electrons. The zero-order valence-corrected chi connectivity index (χ0v) is 20.4. The van der Waals surface area contributed by atoms with Crippen LogP contribution in [0.5, 0.6) is 5.75 Å². The van der Waals surface area contributed by atoms with Gasteiger partial charge in [0, 0.05) is 18.5 Å². The Kier molecular flexibility index (Phi) is 8.28. The van der Waals surface area contributed by atoms with Crippen molar-refractivity contribution in [2.45, 2.75) is 71.6 Å².